The molecule has 0 spiro atoms. The average Bonchev–Trinajstić information content (AvgIpc) is 3.31. The molecule has 1 aromatic heterocycles. The lowest BCUT2D eigenvalue weighted by Crippen LogP contribution is -2.37. The van der Waals surface area contributed by atoms with E-state index >= 15 is 0 Å². The Morgan fingerprint density at radius 2 is 1.94 bits per heavy atom. The second kappa shape index (κ2) is 9.61. The monoisotopic (exact) mass is 472 g/mol. The van der Waals surface area contributed by atoms with Gasteiger partial charge in [0.05, 0.1) is 10.7 Å². The van der Waals surface area contributed by atoms with Gasteiger partial charge in [-0.15, -0.1) is 0 Å². The van der Waals surface area contributed by atoms with Crippen molar-refractivity contribution in [2.24, 2.45) is 0 Å². The summed E-state index contributed by atoms with van der Waals surface area (Å²) in [6.45, 7) is 4.17. The molecule has 1 N–H and O–H groups in total. The number of nitrogens with one attached hydrogen (secondary N) is 1. The molecule has 0 atom stereocenters. The Hall–Kier alpha value is -3.05. The number of ether oxygens (including phenoxy) is 2. The highest BCUT2D eigenvalue weighted by molar-refractivity contribution is 8.18. The fraction of sp³-hybridized carbons (Fsp3) is 0.286. The van der Waals surface area contributed by atoms with E-state index in [0.29, 0.717) is 21.6 Å². The van der Waals surface area contributed by atoms with Gasteiger partial charge in [0, 0.05) is 24.5 Å². The summed E-state index contributed by atoms with van der Waals surface area (Å²) in [6, 6.07) is 7.17. The number of benzene rings is 1. The number of fused-ring (bicyclic) bond motifs is 1. The molecule has 0 radical (unpaired) electrons. The fourth-order valence-corrected chi connectivity index (χ4v) is 4.74. The molecule has 2 aromatic rings. The van der Waals surface area contributed by atoms with Gasteiger partial charge in [0.2, 0.25) is 12.7 Å². The van der Waals surface area contributed by atoms with Gasteiger partial charge in [0.1, 0.15) is 0 Å². The lowest BCUT2D eigenvalue weighted by molar-refractivity contribution is -0.123. The predicted octanol–water partition coefficient (Wildman–Crippen LogP) is 2.77. The summed E-state index contributed by atoms with van der Waals surface area (Å²) in [5.74, 6) is 0.790. The lowest BCUT2D eigenvalue weighted by Gasteiger charge is -2.12. The first-order chi connectivity index (χ1) is 15.4. The Morgan fingerprint density at radius 1 is 1.19 bits per heavy atom. The van der Waals surface area contributed by atoms with Crippen LogP contribution in [0.5, 0.6) is 11.5 Å². The summed E-state index contributed by atoms with van der Waals surface area (Å²) >= 11 is 2.11. The second-order valence-electron chi connectivity index (χ2n) is 7.02. The van der Waals surface area contributed by atoms with Gasteiger partial charge in [0.15, 0.2) is 16.7 Å². The smallest absolute Gasteiger partial charge is 0.293 e. The third-order valence-corrected chi connectivity index (χ3v) is 6.27. The number of hydrogen-bond acceptors (Lipinski definition) is 9. The van der Waals surface area contributed by atoms with Crippen molar-refractivity contribution in [3.05, 3.63) is 46.1 Å². The van der Waals surface area contributed by atoms with Crippen LogP contribution in [0.3, 0.4) is 0 Å². The van der Waals surface area contributed by atoms with Crippen LogP contribution in [-0.2, 0) is 9.59 Å². The quantitative estimate of drug-likeness (QED) is 0.369. The van der Waals surface area contributed by atoms with E-state index in [9.17, 15) is 14.4 Å². The molecular weight excluding hydrogens is 452 g/mol. The predicted molar refractivity (Wildman–Crippen MR) is 120 cm³/mol. The summed E-state index contributed by atoms with van der Waals surface area (Å²) in [6.07, 6.45) is 1.64. The molecule has 0 aliphatic carbocycles. The van der Waals surface area contributed by atoms with Gasteiger partial charge in [-0.3, -0.25) is 19.3 Å². The van der Waals surface area contributed by atoms with E-state index in [1.807, 2.05) is 19.9 Å². The van der Waals surface area contributed by atoms with E-state index < -0.39 is 0 Å². The maximum atomic E-state index is 12.6. The van der Waals surface area contributed by atoms with E-state index in [1.165, 1.54) is 11.8 Å². The highest BCUT2D eigenvalue weighted by Crippen LogP contribution is 2.36. The zero-order chi connectivity index (χ0) is 22.7. The molecule has 3 amide bonds. The Morgan fingerprint density at radius 3 is 2.72 bits per heavy atom. The Labute approximate surface area is 193 Å². The molecule has 1 saturated heterocycles. The SMILES string of the molecule is Cc1cc(C)nc(SCC(=O)NCCN2C(=O)S/C(=C\c3ccc4c(c3)OCO4)C2=O)n1. The number of carbonyl (C=O) groups is 3. The van der Waals surface area contributed by atoms with Gasteiger partial charge in [-0.2, -0.15) is 0 Å². The molecule has 3 heterocycles. The molecule has 4 rings (SSSR count). The minimum absolute atomic E-state index is 0.0968. The van der Waals surface area contributed by atoms with Crippen LogP contribution in [0.25, 0.3) is 6.08 Å². The second-order valence-corrected chi connectivity index (χ2v) is 8.95. The minimum atomic E-state index is -0.384. The van der Waals surface area contributed by atoms with Gasteiger partial charge >= 0.3 is 0 Å². The maximum Gasteiger partial charge on any atom is 0.293 e. The highest BCUT2D eigenvalue weighted by Gasteiger charge is 2.34. The van der Waals surface area contributed by atoms with Crippen molar-refractivity contribution >= 4 is 46.7 Å². The molecule has 1 fully saturated rings. The van der Waals surface area contributed by atoms with Crippen molar-refractivity contribution in [1.29, 1.82) is 0 Å². The number of amides is 3. The lowest BCUT2D eigenvalue weighted by atomic mass is 10.2. The molecule has 11 heteroatoms. The number of thioether (sulfide) groups is 2. The van der Waals surface area contributed by atoms with Crippen molar-refractivity contribution in [3.63, 3.8) is 0 Å². The minimum Gasteiger partial charge on any atom is -0.454 e. The van der Waals surface area contributed by atoms with Crippen LogP contribution >= 0.6 is 23.5 Å². The number of aryl methyl sites for hydroxylation is 2. The first kappa shape index (κ1) is 22.2. The Kier molecular flexibility index (Phi) is 6.66. The van der Waals surface area contributed by atoms with Crippen molar-refractivity contribution in [2.45, 2.75) is 19.0 Å². The van der Waals surface area contributed by atoms with Gasteiger partial charge in [-0.25, -0.2) is 9.97 Å². The third kappa shape index (κ3) is 5.22. The van der Waals surface area contributed by atoms with Gasteiger partial charge in [0.25, 0.3) is 11.1 Å². The van der Waals surface area contributed by atoms with E-state index in [2.05, 4.69) is 15.3 Å². The van der Waals surface area contributed by atoms with Crippen molar-refractivity contribution in [2.75, 3.05) is 25.6 Å². The normalized spacial score (nSPS) is 16.2. The first-order valence-electron chi connectivity index (χ1n) is 9.76. The molecule has 32 heavy (non-hydrogen) atoms. The van der Waals surface area contributed by atoms with Crippen LogP contribution < -0.4 is 14.8 Å². The first-order valence-corrected chi connectivity index (χ1v) is 11.6. The summed E-state index contributed by atoms with van der Waals surface area (Å²) < 4.78 is 10.6. The summed E-state index contributed by atoms with van der Waals surface area (Å²) in [5.41, 5.74) is 2.42. The number of aromatic nitrogens is 2. The van der Waals surface area contributed by atoms with Crippen LogP contribution in [0.1, 0.15) is 17.0 Å². The van der Waals surface area contributed by atoms with E-state index in [1.54, 1.807) is 24.3 Å². The fourth-order valence-electron chi connectivity index (χ4n) is 3.09. The number of rotatable bonds is 7. The maximum absolute atomic E-state index is 12.6. The molecule has 0 saturated carbocycles. The molecule has 1 aromatic carbocycles. The van der Waals surface area contributed by atoms with Gasteiger partial charge in [-0.1, -0.05) is 17.8 Å². The molecule has 2 aliphatic heterocycles. The van der Waals surface area contributed by atoms with Gasteiger partial charge < -0.3 is 14.8 Å². The number of carbonyl (C=O) groups excluding carboxylic acids is 3. The van der Waals surface area contributed by atoms with Crippen LogP contribution in [0, 0.1) is 13.8 Å². The van der Waals surface area contributed by atoms with E-state index in [-0.39, 0.29) is 42.7 Å². The summed E-state index contributed by atoms with van der Waals surface area (Å²) in [5, 5.41) is 2.90. The number of nitrogens with zero attached hydrogens (tertiary/aromatic N) is 3. The average molecular weight is 473 g/mol. The molecule has 2 aliphatic rings. The number of imide groups is 1. The Bertz CT molecular complexity index is 1100. The van der Waals surface area contributed by atoms with Crippen LogP contribution in [0.4, 0.5) is 4.79 Å². The van der Waals surface area contributed by atoms with E-state index in [0.717, 1.165) is 33.6 Å². The van der Waals surface area contributed by atoms with E-state index in [4.69, 9.17) is 9.47 Å². The molecule has 0 unspecified atom stereocenters. The Balaban J connectivity index is 1.27. The van der Waals surface area contributed by atoms with Crippen LogP contribution in [0.15, 0.2) is 34.3 Å². The largest absolute Gasteiger partial charge is 0.454 e. The molecular formula is C21H20N4O5S2. The van der Waals surface area contributed by atoms with Crippen LogP contribution in [0.2, 0.25) is 0 Å². The molecule has 166 valence electrons. The van der Waals surface area contributed by atoms with Crippen molar-refractivity contribution < 1.29 is 23.9 Å². The third-order valence-electron chi connectivity index (χ3n) is 4.52. The molecule has 9 nitrogen and oxygen atoms in total. The standard InChI is InChI=1S/C21H20N4O5S2/c1-12-7-13(2)24-20(23-12)31-10-18(26)22-5-6-25-19(27)17(32-21(25)28)9-14-3-4-15-16(8-14)30-11-29-15/h3-4,7-9H,5-6,10-11H2,1-2H3,(H,22,26)/b17-9-. The summed E-state index contributed by atoms with van der Waals surface area (Å²) in [7, 11) is 0. The summed E-state index contributed by atoms with van der Waals surface area (Å²) in [4.78, 5) is 47.0. The molecule has 0 bridgehead atoms. The number of hydrogen-bond donors (Lipinski definition) is 1. The van der Waals surface area contributed by atoms with Gasteiger partial charge in [-0.05, 0) is 55.4 Å². The van der Waals surface area contributed by atoms with Crippen molar-refractivity contribution in [3.8, 4) is 11.5 Å². The zero-order valence-electron chi connectivity index (χ0n) is 17.4. The van der Waals surface area contributed by atoms with Crippen molar-refractivity contribution in [1.82, 2.24) is 20.2 Å². The topological polar surface area (TPSA) is 111 Å². The zero-order valence-corrected chi connectivity index (χ0v) is 19.0. The van der Waals surface area contributed by atoms with Crippen LogP contribution in [-0.4, -0.2) is 57.6 Å². The highest BCUT2D eigenvalue weighted by atomic mass is 32.2.